The van der Waals surface area contributed by atoms with Gasteiger partial charge in [0.2, 0.25) is 10.0 Å². The summed E-state index contributed by atoms with van der Waals surface area (Å²) in [6.07, 6.45) is 2.80. The third kappa shape index (κ3) is 2.94. The molecule has 5 nitrogen and oxygen atoms in total. The lowest BCUT2D eigenvalue weighted by Gasteiger charge is -2.44. The lowest BCUT2D eigenvalue weighted by Crippen LogP contribution is -2.57. The molecular weight excluding hydrogens is 226 g/mol. The van der Waals surface area contributed by atoms with Gasteiger partial charge < -0.3 is 10.6 Å². The number of nitrogens with two attached hydrogens (primary N) is 1. The molecular formula is C10H21N3O2S. The van der Waals surface area contributed by atoms with Crippen LogP contribution in [0.25, 0.3) is 0 Å². The summed E-state index contributed by atoms with van der Waals surface area (Å²) in [5.74, 6) is 0.699. The molecule has 0 aromatic rings. The second-order valence-corrected chi connectivity index (χ2v) is 6.70. The number of hydrogen-bond acceptors (Lipinski definition) is 4. The average Bonchev–Trinajstić information content (AvgIpc) is 2.27. The maximum atomic E-state index is 11.7. The van der Waals surface area contributed by atoms with E-state index in [-0.39, 0.29) is 11.8 Å². The van der Waals surface area contributed by atoms with E-state index in [1.54, 1.807) is 0 Å². The van der Waals surface area contributed by atoms with Gasteiger partial charge in [-0.1, -0.05) is 0 Å². The zero-order valence-corrected chi connectivity index (χ0v) is 10.4. The van der Waals surface area contributed by atoms with Crippen LogP contribution in [0.1, 0.15) is 19.3 Å². The van der Waals surface area contributed by atoms with Gasteiger partial charge in [-0.05, 0) is 44.8 Å². The Kier molecular flexibility index (Phi) is 3.84. The molecule has 6 heteroatoms. The van der Waals surface area contributed by atoms with Crippen LogP contribution in [0.2, 0.25) is 0 Å². The van der Waals surface area contributed by atoms with Crippen molar-refractivity contribution in [3.8, 4) is 0 Å². The minimum Gasteiger partial charge on any atom is -0.330 e. The van der Waals surface area contributed by atoms with E-state index >= 15 is 0 Å². The van der Waals surface area contributed by atoms with Gasteiger partial charge in [0.25, 0.3) is 0 Å². The second kappa shape index (κ2) is 5.00. The van der Waals surface area contributed by atoms with Crippen molar-refractivity contribution in [1.29, 1.82) is 0 Å². The molecule has 2 bridgehead atoms. The number of fused-ring (bicyclic) bond motifs is 3. The molecule has 3 aliphatic heterocycles. The van der Waals surface area contributed by atoms with Crippen molar-refractivity contribution in [3.05, 3.63) is 0 Å². The lowest BCUT2D eigenvalue weighted by atomic mass is 9.85. The zero-order chi connectivity index (χ0) is 11.6. The number of hydrogen-bond donors (Lipinski definition) is 2. The molecule has 3 saturated heterocycles. The summed E-state index contributed by atoms with van der Waals surface area (Å²) in [7, 11) is -3.12. The van der Waals surface area contributed by atoms with Gasteiger partial charge in [0, 0.05) is 12.6 Å². The van der Waals surface area contributed by atoms with Gasteiger partial charge in [0.1, 0.15) is 0 Å². The van der Waals surface area contributed by atoms with Crippen LogP contribution in [0.3, 0.4) is 0 Å². The molecule has 16 heavy (non-hydrogen) atoms. The predicted octanol–water partition coefficient (Wildman–Crippen LogP) is -0.651. The van der Waals surface area contributed by atoms with Crippen molar-refractivity contribution in [2.75, 3.05) is 31.9 Å². The Morgan fingerprint density at radius 1 is 1.31 bits per heavy atom. The monoisotopic (exact) mass is 247 g/mol. The van der Waals surface area contributed by atoms with Crippen molar-refractivity contribution in [1.82, 2.24) is 9.62 Å². The molecule has 3 heterocycles. The highest BCUT2D eigenvalue weighted by molar-refractivity contribution is 7.89. The average molecular weight is 247 g/mol. The van der Waals surface area contributed by atoms with E-state index in [0.29, 0.717) is 18.9 Å². The van der Waals surface area contributed by atoms with Crippen molar-refractivity contribution in [3.63, 3.8) is 0 Å². The van der Waals surface area contributed by atoms with Crippen LogP contribution in [-0.4, -0.2) is 51.3 Å². The van der Waals surface area contributed by atoms with E-state index in [9.17, 15) is 8.42 Å². The number of sulfonamides is 1. The topological polar surface area (TPSA) is 75.4 Å². The van der Waals surface area contributed by atoms with E-state index in [4.69, 9.17) is 5.73 Å². The van der Waals surface area contributed by atoms with Gasteiger partial charge in [0.15, 0.2) is 0 Å². The fourth-order valence-electron chi connectivity index (χ4n) is 2.66. The first kappa shape index (κ1) is 12.3. The molecule has 94 valence electrons. The fourth-order valence-corrected chi connectivity index (χ4v) is 4.05. The number of piperidine rings is 3. The van der Waals surface area contributed by atoms with Crippen LogP contribution in [0.4, 0.5) is 0 Å². The van der Waals surface area contributed by atoms with Crippen LogP contribution in [0, 0.1) is 5.92 Å². The normalized spacial score (nSPS) is 34.2. The maximum absolute atomic E-state index is 11.7. The van der Waals surface area contributed by atoms with Crippen LogP contribution in [0.5, 0.6) is 0 Å². The Labute approximate surface area is 97.4 Å². The highest BCUT2D eigenvalue weighted by atomic mass is 32.2. The number of nitrogens with one attached hydrogen (secondary N) is 1. The number of rotatable bonds is 5. The smallest absolute Gasteiger partial charge is 0.211 e. The maximum Gasteiger partial charge on any atom is 0.211 e. The molecule has 0 aromatic carbocycles. The van der Waals surface area contributed by atoms with Gasteiger partial charge in [-0.3, -0.25) is 0 Å². The van der Waals surface area contributed by atoms with E-state index < -0.39 is 10.0 Å². The molecule has 1 atom stereocenters. The standard InChI is InChI=1S/C10H21N3O2S/c11-4-1-7-16(14,15)12-10-8-13-5-2-9(10)3-6-13/h9-10,12H,1-8,11H2. The van der Waals surface area contributed by atoms with Crippen molar-refractivity contribution >= 4 is 10.0 Å². The van der Waals surface area contributed by atoms with Gasteiger partial charge in [-0.15, -0.1) is 0 Å². The minimum absolute atomic E-state index is 0.130. The Morgan fingerprint density at radius 3 is 2.50 bits per heavy atom. The largest absolute Gasteiger partial charge is 0.330 e. The molecule has 3 aliphatic rings. The summed E-state index contributed by atoms with van der Waals surface area (Å²) in [5.41, 5.74) is 5.33. The summed E-state index contributed by atoms with van der Waals surface area (Å²) >= 11 is 0. The van der Waals surface area contributed by atoms with E-state index in [0.717, 1.165) is 32.5 Å². The molecule has 0 spiro atoms. The fraction of sp³-hybridized carbons (Fsp3) is 1.00. The molecule has 0 aromatic heterocycles. The summed E-state index contributed by atoms with van der Waals surface area (Å²) in [5, 5.41) is 0. The first-order valence-electron chi connectivity index (χ1n) is 6.03. The molecule has 0 radical (unpaired) electrons. The highest BCUT2D eigenvalue weighted by Gasteiger charge is 2.35. The Hall–Kier alpha value is -0.170. The Bertz CT molecular complexity index is 323. The van der Waals surface area contributed by atoms with Gasteiger partial charge in [0.05, 0.1) is 5.75 Å². The predicted molar refractivity (Wildman–Crippen MR) is 63.5 cm³/mol. The molecule has 3 fully saturated rings. The van der Waals surface area contributed by atoms with Crippen LogP contribution >= 0.6 is 0 Å². The Morgan fingerprint density at radius 2 is 2.00 bits per heavy atom. The molecule has 0 saturated carbocycles. The number of nitrogens with zero attached hydrogens (tertiary/aromatic N) is 1. The quantitative estimate of drug-likeness (QED) is 0.677. The molecule has 0 amide bonds. The van der Waals surface area contributed by atoms with Gasteiger partial charge in [-0.25, -0.2) is 13.1 Å². The van der Waals surface area contributed by atoms with Gasteiger partial charge in [-0.2, -0.15) is 0 Å². The van der Waals surface area contributed by atoms with E-state index in [1.165, 1.54) is 0 Å². The molecule has 1 unspecified atom stereocenters. The summed E-state index contributed by atoms with van der Waals surface area (Å²) in [4.78, 5) is 2.34. The highest BCUT2D eigenvalue weighted by Crippen LogP contribution is 2.27. The summed E-state index contributed by atoms with van der Waals surface area (Å²) in [6, 6.07) is 0.130. The SMILES string of the molecule is NCCCS(=O)(=O)NC1CN2CCC1CC2. The van der Waals surface area contributed by atoms with E-state index in [1.807, 2.05) is 0 Å². The minimum atomic E-state index is -3.12. The van der Waals surface area contributed by atoms with Crippen LogP contribution < -0.4 is 10.5 Å². The van der Waals surface area contributed by atoms with E-state index in [2.05, 4.69) is 9.62 Å². The lowest BCUT2D eigenvalue weighted by molar-refractivity contribution is 0.0827. The Balaban J connectivity index is 1.89. The van der Waals surface area contributed by atoms with Crippen molar-refractivity contribution < 1.29 is 8.42 Å². The molecule has 0 aliphatic carbocycles. The third-order valence-corrected chi connectivity index (χ3v) is 5.09. The molecule has 3 N–H and O–H groups in total. The second-order valence-electron chi connectivity index (χ2n) is 4.82. The van der Waals surface area contributed by atoms with Crippen LogP contribution in [-0.2, 0) is 10.0 Å². The summed E-state index contributed by atoms with van der Waals surface area (Å²) < 4.78 is 26.3. The first-order chi connectivity index (χ1) is 7.61. The summed E-state index contributed by atoms with van der Waals surface area (Å²) in [6.45, 7) is 3.57. The third-order valence-electron chi connectivity index (χ3n) is 3.60. The van der Waals surface area contributed by atoms with Crippen LogP contribution in [0.15, 0.2) is 0 Å². The molecule has 3 rings (SSSR count). The van der Waals surface area contributed by atoms with Crippen molar-refractivity contribution in [2.24, 2.45) is 11.7 Å². The van der Waals surface area contributed by atoms with Gasteiger partial charge >= 0.3 is 0 Å². The van der Waals surface area contributed by atoms with Crippen molar-refractivity contribution in [2.45, 2.75) is 25.3 Å². The first-order valence-corrected chi connectivity index (χ1v) is 7.68. The zero-order valence-electron chi connectivity index (χ0n) is 9.56.